The molecule has 38 heavy (non-hydrogen) atoms. The van der Waals surface area contributed by atoms with E-state index in [2.05, 4.69) is 19.2 Å². The summed E-state index contributed by atoms with van der Waals surface area (Å²) in [7, 11) is 5.54. The molecular weight excluding hydrogens is 482 g/mol. The van der Waals surface area contributed by atoms with E-state index in [1.54, 1.807) is 11.9 Å². The summed E-state index contributed by atoms with van der Waals surface area (Å²) in [6.07, 6.45) is 4.16. The largest absolute Gasteiger partial charge is 0.369 e. The van der Waals surface area contributed by atoms with Gasteiger partial charge in [0.1, 0.15) is 6.04 Å². The number of nitrogens with one attached hydrogen (secondary N) is 1. The number of likely N-dealkylation sites (N-methyl/N-ethyl adjacent to an activating group) is 2. The monoisotopic (exact) mass is 537 g/mol. The predicted octanol–water partition coefficient (Wildman–Crippen LogP) is 2.87. The molecule has 1 heterocycles. The minimum atomic E-state index is -0.644. The Morgan fingerprint density at radius 1 is 1.00 bits per heavy atom. The van der Waals surface area contributed by atoms with Crippen LogP contribution in [0.2, 0.25) is 0 Å². The first-order valence-corrected chi connectivity index (χ1v) is 14.5. The van der Waals surface area contributed by atoms with Crippen LogP contribution in [0.15, 0.2) is 0 Å². The van der Waals surface area contributed by atoms with Gasteiger partial charge in [0.15, 0.2) is 0 Å². The molecule has 3 N–H and O–H groups in total. The average molecular weight is 538 g/mol. The molecule has 0 aliphatic carbocycles. The van der Waals surface area contributed by atoms with Crippen LogP contribution in [0.25, 0.3) is 0 Å². The minimum absolute atomic E-state index is 0.0394. The molecule has 9 heteroatoms. The van der Waals surface area contributed by atoms with Gasteiger partial charge in [-0.25, -0.2) is 0 Å². The molecule has 0 aromatic carbocycles. The Hall–Kier alpha value is -2.16. The van der Waals surface area contributed by atoms with Gasteiger partial charge >= 0.3 is 0 Å². The van der Waals surface area contributed by atoms with Crippen molar-refractivity contribution in [2.45, 2.75) is 111 Å². The number of amides is 4. The molecule has 220 valence electrons. The molecule has 1 saturated heterocycles. The predicted molar refractivity (Wildman–Crippen MR) is 152 cm³/mol. The van der Waals surface area contributed by atoms with E-state index >= 15 is 0 Å². The van der Waals surface area contributed by atoms with Gasteiger partial charge in [0, 0.05) is 38.0 Å². The molecule has 0 radical (unpaired) electrons. The van der Waals surface area contributed by atoms with Crippen LogP contribution in [0, 0.1) is 23.7 Å². The molecule has 0 aromatic rings. The second-order valence-corrected chi connectivity index (χ2v) is 12.2. The van der Waals surface area contributed by atoms with Gasteiger partial charge in [-0.3, -0.25) is 24.1 Å². The lowest BCUT2D eigenvalue weighted by molar-refractivity contribution is -0.141. The zero-order valence-corrected chi connectivity index (χ0v) is 25.6. The Morgan fingerprint density at radius 2 is 1.61 bits per heavy atom. The van der Waals surface area contributed by atoms with Crippen LogP contribution in [-0.2, 0) is 19.2 Å². The van der Waals surface area contributed by atoms with Crippen molar-refractivity contribution in [2.24, 2.45) is 29.4 Å². The molecule has 1 aliphatic heterocycles. The van der Waals surface area contributed by atoms with E-state index in [0.717, 1.165) is 19.3 Å². The summed E-state index contributed by atoms with van der Waals surface area (Å²) in [5.41, 5.74) is 5.46. The maximum Gasteiger partial charge on any atom is 0.245 e. The second-order valence-electron chi connectivity index (χ2n) is 12.2. The van der Waals surface area contributed by atoms with Gasteiger partial charge in [-0.15, -0.1) is 0 Å². The van der Waals surface area contributed by atoms with E-state index in [1.807, 2.05) is 58.5 Å². The Balaban J connectivity index is 2.99. The Bertz CT molecular complexity index is 792. The quantitative estimate of drug-likeness (QED) is 0.333. The summed E-state index contributed by atoms with van der Waals surface area (Å²) in [6.45, 7) is 14.6. The maximum absolute atomic E-state index is 13.7. The summed E-state index contributed by atoms with van der Waals surface area (Å²) in [5, 5.41) is 3.03. The SMILES string of the molecule is CCC(C)[C@@H](CCC(=O)N1CCC[C@H]1C[C@H](C)C(N)=O)N(C)C(=O)C(NC(=O)[C@H](C(C)C)N(C)C)C(C)C. The first-order valence-electron chi connectivity index (χ1n) is 14.5. The molecule has 0 bridgehead atoms. The zero-order valence-electron chi connectivity index (χ0n) is 25.6. The van der Waals surface area contributed by atoms with Crippen molar-refractivity contribution in [2.75, 3.05) is 27.7 Å². The molecule has 1 rings (SSSR count). The third-order valence-corrected chi connectivity index (χ3v) is 8.30. The van der Waals surface area contributed by atoms with Crippen LogP contribution in [0.1, 0.15) is 87.0 Å². The smallest absolute Gasteiger partial charge is 0.245 e. The van der Waals surface area contributed by atoms with Crippen LogP contribution in [-0.4, -0.2) is 90.2 Å². The number of nitrogens with zero attached hydrogens (tertiary/aromatic N) is 3. The number of likely N-dealkylation sites (tertiary alicyclic amines) is 1. The highest BCUT2D eigenvalue weighted by molar-refractivity contribution is 5.90. The summed E-state index contributed by atoms with van der Waals surface area (Å²) < 4.78 is 0. The number of carbonyl (C=O) groups excluding carboxylic acids is 4. The number of carbonyl (C=O) groups is 4. The van der Waals surface area contributed by atoms with Crippen LogP contribution in [0.4, 0.5) is 0 Å². The van der Waals surface area contributed by atoms with Crippen molar-refractivity contribution in [1.82, 2.24) is 20.0 Å². The minimum Gasteiger partial charge on any atom is -0.369 e. The van der Waals surface area contributed by atoms with Crippen LogP contribution >= 0.6 is 0 Å². The zero-order chi connectivity index (χ0) is 29.3. The standard InChI is InChI=1S/C29H55N5O4/c1-11-20(6)23(14-15-24(35)34-16-12-13-22(34)17-21(7)27(30)36)33(10)29(38)25(18(2)3)31-28(37)26(19(4)5)32(8)9/h18-23,25-26H,11-17H2,1-10H3,(H2,30,36)(H,31,37)/t20?,21-,22-,23+,25?,26-/m0/s1. The fourth-order valence-electron chi connectivity index (χ4n) is 5.75. The molecule has 2 unspecified atom stereocenters. The highest BCUT2D eigenvalue weighted by Gasteiger charge is 2.36. The maximum atomic E-state index is 13.7. The fraction of sp³-hybridized carbons (Fsp3) is 0.862. The van der Waals surface area contributed by atoms with Gasteiger partial charge in [-0.1, -0.05) is 54.9 Å². The van der Waals surface area contributed by atoms with Crippen molar-refractivity contribution in [3.8, 4) is 0 Å². The molecule has 0 spiro atoms. The lowest BCUT2D eigenvalue weighted by Crippen LogP contribution is -2.57. The highest BCUT2D eigenvalue weighted by atomic mass is 16.2. The second kappa shape index (κ2) is 15.4. The Morgan fingerprint density at radius 3 is 2.08 bits per heavy atom. The first kappa shape index (κ1) is 33.9. The highest BCUT2D eigenvalue weighted by Crippen LogP contribution is 2.26. The van der Waals surface area contributed by atoms with Gasteiger partial charge < -0.3 is 20.9 Å². The first-order chi connectivity index (χ1) is 17.6. The van der Waals surface area contributed by atoms with Crippen LogP contribution < -0.4 is 11.1 Å². The van der Waals surface area contributed by atoms with E-state index in [4.69, 9.17) is 5.73 Å². The third-order valence-electron chi connectivity index (χ3n) is 8.30. The fourth-order valence-corrected chi connectivity index (χ4v) is 5.75. The van der Waals surface area contributed by atoms with Crippen LogP contribution in [0.5, 0.6) is 0 Å². The molecule has 0 aromatic heterocycles. The Kier molecular flexibility index (Phi) is 13.8. The normalized spacial score (nSPS) is 19.8. The molecule has 9 nitrogen and oxygen atoms in total. The van der Waals surface area contributed by atoms with Gasteiger partial charge in [-0.2, -0.15) is 0 Å². The lowest BCUT2D eigenvalue weighted by atomic mass is 9.91. The topological polar surface area (TPSA) is 116 Å². The molecule has 6 atom stereocenters. The summed E-state index contributed by atoms with van der Waals surface area (Å²) in [6, 6.07) is -1.07. The van der Waals surface area contributed by atoms with Crippen LogP contribution in [0.3, 0.4) is 0 Å². The van der Waals surface area contributed by atoms with Gasteiger partial charge in [0.2, 0.25) is 23.6 Å². The van der Waals surface area contributed by atoms with Gasteiger partial charge in [0.25, 0.3) is 0 Å². The molecule has 1 aliphatic rings. The van der Waals surface area contributed by atoms with E-state index in [1.165, 1.54) is 0 Å². The molecular formula is C29H55N5O4. The molecule has 4 amide bonds. The summed E-state index contributed by atoms with van der Waals surface area (Å²) in [4.78, 5) is 57.2. The van der Waals surface area contributed by atoms with E-state index in [9.17, 15) is 19.2 Å². The summed E-state index contributed by atoms with van der Waals surface area (Å²) in [5.74, 6) is -0.597. The third kappa shape index (κ3) is 9.24. The van der Waals surface area contributed by atoms with Gasteiger partial charge in [0.05, 0.1) is 6.04 Å². The number of nitrogens with two attached hydrogens (primary N) is 1. The van der Waals surface area contributed by atoms with Gasteiger partial charge in [-0.05, 0) is 57.5 Å². The van der Waals surface area contributed by atoms with Crippen molar-refractivity contribution in [3.63, 3.8) is 0 Å². The number of rotatable bonds is 15. The van der Waals surface area contributed by atoms with E-state index in [-0.39, 0.29) is 65.4 Å². The average Bonchev–Trinajstić information content (AvgIpc) is 3.28. The van der Waals surface area contributed by atoms with E-state index < -0.39 is 6.04 Å². The Labute approximate surface area is 231 Å². The van der Waals surface area contributed by atoms with E-state index in [0.29, 0.717) is 25.8 Å². The lowest BCUT2D eigenvalue weighted by Gasteiger charge is -2.37. The van der Waals surface area contributed by atoms with Crippen molar-refractivity contribution < 1.29 is 19.2 Å². The number of hydrogen-bond acceptors (Lipinski definition) is 5. The molecule has 0 saturated carbocycles. The van der Waals surface area contributed by atoms with Crippen molar-refractivity contribution >= 4 is 23.6 Å². The number of primary amides is 1. The van der Waals surface area contributed by atoms with Crippen molar-refractivity contribution in [3.05, 3.63) is 0 Å². The number of hydrogen-bond donors (Lipinski definition) is 2. The molecule has 1 fully saturated rings. The van der Waals surface area contributed by atoms with Crippen molar-refractivity contribution in [1.29, 1.82) is 0 Å². The summed E-state index contributed by atoms with van der Waals surface area (Å²) >= 11 is 0.